The predicted octanol–water partition coefficient (Wildman–Crippen LogP) is 4.03. The second-order valence-electron chi connectivity index (χ2n) is 8.18. The molecular weight excluding hydrogens is 519 g/mol. The van der Waals surface area contributed by atoms with Gasteiger partial charge in [0.1, 0.15) is 5.82 Å². The summed E-state index contributed by atoms with van der Waals surface area (Å²) in [7, 11) is 2.34. The lowest BCUT2D eigenvalue weighted by atomic mass is 9.90. The highest BCUT2D eigenvalue weighted by Gasteiger charge is 2.31. The molecule has 3 rings (SSSR count). The van der Waals surface area contributed by atoms with Crippen molar-refractivity contribution in [3.05, 3.63) is 69.3 Å². The number of amides is 1. The van der Waals surface area contributed by atoms with Crippen LogP contribution in [0.1, 0.15) is 52.0 Å². The number of halogens is 2. The highest BCUT2D eigenvalue weighted by atomic mass is 35.5. The van der Waals surface area contributed by atoms with Gasteiger partial charge in [-0.15, -0.1) is 6.42 Å². The van der Waals surface area contributed by atoms with Crippen LogP contribution in [0, 0.1) is 18.2 Å². The molecule has 0 radical (unpaired) electrons. The highest BCUT2D eigenvalue weighted by molar-refractivity contribution is 6.33. The lowest BCUT2D eigenvalue weighted by Crippen LogP contribution is -2.35. The fourth-order valence-electron chi connectivity index (χ4n) is 3.99. The van der Waals surface area contributed by atoms with Gasteiger partial charge in [0.2, 0.25) is 0 Å². The Morgan fingerprint density at radius 2 is 1.71 bits per heavy atom. The van der Waals surface area contributed by atoms with Crippen LogP contribution in [0.3, 0.4) is 0 Å². The SMILES string of the molecule is C#CCOC(=O)C1=C(C(=O)N(Cc2cncc(C(=O)OC)c2)c2cc(C(=O)OC)c(Cl)cc2F)CCCC1. The fourth-order valence-corrected chi connectivity index (χ4v) is 4.21. The molecule has 0 bridgehead atoms. The summed E-state index contributed by atoms with van der Waals surface area (Å²) in [6.07, 6.45) is 9.61. The summed E-state index contributed by atoms with van der Waals surface area (Å²) in [4.78, 5) is 56.0. The summed E-state index contributed by atoms with van der Waals surface area (Å²) in [6, 6.07) is 3.42. The molecule has 198 valence electrons. The predicted molar refractivity (Wildman–Crippen MR) is 135 cm³/mol. The summed E-state index contributed by atoms with van der Waals surface area (Å²) in [5.41, 5.74) is 0.270. The van der Waals surface area contributed by atoms with Crippen molar-refractivity contribution in [1.29, 1.82) is 0 Å². The third-order valence-electron chi connectivity index (χ3n) is 5.79. The Morgan fingerprint density at radius 1 is 1.03 bits per heavy atom. The number of hydrogen-bond acceptors (Lipinski definition) is 8. The topological polar surface area (TPSA) is 112 Å². The van der Waals surface area contributed by atoms with E-state index < -0.39 is 29.6 Å². The maximum atomic E-state index is 15.3. The number of nitrogens with zero attached hydrogens (tertiary/aromatic N) is 2. The molecule has 1 aromatic heterocycles. The van der Waals surface area contributed by atoms with E-state index in [0.717, 1.165) is 24.1 Å². The summed E-state index contributed by atoms with van der Waals surface area (Å²) < 4.78 is 29.8. The number of pyridine rings is 1. The lowest BCUT2D eigenvalue weighted by molar-refractivity contribution is -0.138. The molecule has 1 aliphatic carbocycles. The summed E-state index contributed by atoms with van der Waals surface area (Å²) in [5.74, 6) is -1.62. The van der Waals surface area contributed by atoms with Gasteiger partial charge >= 0.3 is 17.9 Å². The molecule has 38 heavy (non-hydrogen) atoms. The Kier molecular flexibility index (Phi) is 9.57. The van der Waals surface area contributed by atoms with Gasteiger partial charge in [0, 0.05) is 23.5 Å². The first-order chi connectivity index (χ1) is 18.2. The Balaban J connectivity index is 2.16. The van der Waals surface area contributed by atoms with Crippen LogP contribution in [0.4, 0.5) is 10.1 Å². The first kappa shape index (κ1) is 28.3. The number of rotatable bonds is 8. The van der Waals surface area contributed by atoms with Crippen LogP contribution in [0.2, 0.25) is 5.02 Å². The fraction of sp³-hybridized carbons (Fsp3) is 0.296. The zero-order valence-corrected chi connectivity index (χ0v) is 21.5. The standard InChI is InChI=1S/C27H24ClFN2O7/c1-4-9-38-27(35)19-8-6-5-7-18(19)24(32)31(15-16-10-17(14-30-13-16)25(33)36-2)23-11-20(26(34)37-3)21(28)12-22(23)29/h1,10-14H,5-9,15H2,2-3H3. The maximum absolute atomic E-state index is 15.3. The van der Waals surface area contributed by atoms with Crippen LogP contribution >= 0.6 is 11.6 Å². The number of hydrogen-bond donors (Lipinski definition) is 0. The van der Waals surface area contributed by atoms with Crippen molar-refractivity contribution in [2.24, 2.45) is 0 Å². The number of anilines is 1. The van der Waals surface area contributed by atoms with Crippen molar-refractivity contribution in [2.45, 2.75) is 32.2 Å². The molecule has 1 aliphatic rings. The molecular formula is C27H24ClFN2O7. The zero-order chi connectivity index (χ0) is 27.8. The number of ether oxygens (including phenoxy) is 3. The minimum Gasteiger partial charge on any atom is -0.465 e. The van der Waals surface area contributed by atoms with Crippen LogP contribution in [-0.2, 0) is 30.3 Å². The van der Waals surface area contributed by atoms with E-state index in [9.17, 15) is 19.2 Å². The van der Waals surface area contributed by atoms with E-state index in [1.54, 1.807) is 0 Å². The Morgan fingerprint density at radius 3 is 2.37 bits per heavy atom. The molecule has 11 heteroatoms. The number of terminal acetylenes is 1. The van der Waals surface area contributed by atoms with E-state index in [-0.39, 0.29) is 59.0 Å². The molecule has 0 N–H and O–H groups in total. The number of aromatic nitrogens is 1. The van der Waals surface area contributed by atoms with Gasteiger partial charge in [-0.3, -0.25) is 9.78 Å². The largest absolute Gasteiger partial charge is 0.465 e. The second-order valence-corrected chi connectivity index (χ2v) is 8.59. The second kappa shape index (κ2) is 12.8. The van der Waals surface area contributed by atoms with Gasteiger partial charge in [-0.05, 0) is 49.4 Å². The van der Waals surface area contributed by atoms with Crippen molar-refractivity contribution in [1.82, 2.24) is 4.98 Å². The normalized spacial score (nSPS) is 12.8. The molecule has 0 atom stereocenters. The maximum Gasteiger partial charge on any atom is 0.339 e. The summed E-state index contributed by atoms with van der Waals surface area (Å²) >= 11 is 6.06. The van der Waals surface area contributed by atoms with E-state index in [1.807, 2.05) is 0 Å². The van der Waals surface area contributed by atoms with Gasteiger partial charge in [0.05, 0.1) is 42.6 Å². The number of benzene rings is 1. The number of carbonyl (C=O) groups excluding carboxylic acids is 4. The van der Waals surface area contributed by atoms with Crippen LogP contribution in [0.5, 0.6) is 0 Å². The number of methoxy groups -OCH3 is 2. The van der Waals surface area contributed by atoms with E-state index in [1.165, 1.54) is 25.6 Å². The molecule has 0 spiro atoms. The van der Waals surface area contributed by atoms with Crippen molar-refractivity contribution in [2.75, 3.05) is 25.7 Å². The van der Waals surface area contributed by atoms with Crippen LogP contribution in [0.15, 0.2) is 41.7 Å². The van der Waals surface area contributed by atoms with Gasteiger partial charge in [-0.2, -0.15) is 0 Å². The van der Waals surface area contributed by atoms with Gasteiger partial charge in [0.25, 0.3) is 5.91 Å². The van der Waals surface area contributed by atoms with E-state index in [4.69, 9.17) is 32.2 Å². The van der Waals surface area contributed by atoms with Gasteiger partial charge in [-0.25, -0.2) is 18.8 Å². The van der Waals surface area contributed by atoms with E-state index in [2.05, 4.69) is 10.9 Å². The van der Waals surface area contributed by atoms with Crippen molar-refractivity contribution in [3.63, 3.8) is 0 Å². The number of carbonyl (C=O) groups is 4. The monoisotopic (exact) mass is 542 g/mol. The molecule has 1 heterocycles. The van der Waals surface area contributed by atoms with Crippen molar-refractivity contribution in [3.8, 4) is 12.3 Å². The first-order valence-electron chi connectivity index (χ1n) is 11.5. The molecule has 9 nitrogen and oxygen atoms in total. The molecule has 0 fully saturated rings. The van der Waals surface area contributed by atoms with Crippen molar-refractivity contribution >= 4 is 41.1 Å². The molecule has 0 aliphatic heterocycles. The van der Waals surface area contributed by atoms with Gasteiger partial charge in [0.15, 0.2) is 6.61 Å². The molecule has 0 saturated heterocycles. The van der Waals surface area contributed by atoms with E-state index >= 15 is 4.39 Å². The molecule has 0 unspecified atom stereocenters. The Bertz CT molecular complexity index is 1350. The molecule has 2 aromatic rings. The molecule has 1 amide bonds. The van der Waals surface area contributed by atoms with Crippen molar-refractivity contribution < 1.29 is 37.8 Å². The lowest BCUT2D eigenvalue weighted by Gasteiger charge is -2.28. The zero-order valence-electron chi connectivity index (χ0n) is 20.7. The quantitative estimate of drug-likeness (QED) is 0.279. The average molecular weight is 543 g/mol. The third kappa shape index (κ3) is 6.36. The Hall–Kier alpha value is -4.23. The van der Waals surface area contributed by atoms with Crippen LogP contribution in [0.25, 0.3) is 0 Å². The molecule has 1 aromatic carbocycles. The smallest absolute Gasteiger partial charge is 0.339 e. The molecule has 0 saturated carbocycles. The summed E-state index contributed by atoms with van der Waals surface area (Å²) in [6.45, 7) is -0.542. The average Bonchev–Trinajstić information content (AvgIpc) is 2.93. The minimum atomic E-state index is -0.902. The van der Waals surface area contributed by atoms with Crippen LogP contribution < -0.4 is 4.90 Å². The van der Waals surface area contributed by atoms with Gasteiger partial charge in [-0.1, -0.05) is 17.5 Å². The Labute approximate surface area is 223 Å². The minimum absolute atomic E-state index is 0.111. The highest BCUT2D eigenvalue weighted by Crippen LogP contribution is 2.33. The van der Waals surface area contributed by atoms with Crippen LogP contribution in [-0.4, -0.2) is 49.6 Å². The summed E-state index contributed by atoms with van der Waals surface area (Å²) in [5, 5.41) is -0.213. The van der Waals surface area contributed by atoms with E-state index in [0.29, 0.717) is 18.4 Å². The number of esters is 3. The first-order valence-corrected chi connectivity index (χ1v) is 11.8. The van der Waals surface area contributed by atoms with Gasteiger partial charge < -0.3 is 19.1 Å². The third-order valence-corrected chi connectivity index (χ3v) is 6.11.